The molecule has 1 amide bonds. The van der Waals surface area contributed by atoms with E-state index in [0.717, 1.165) is 34.6 Å². The van der Waals surface area contributed by atoms with Crippen LogP contribution in [0.5, 0.6) is 0 Å². The molecule has 2 atom stereocenters. The first-order chi connectivity index (χ1) is 18.6. The number of nitrogens with zero attached hydrogens (tertiary/aromatic N) is 4. The van der Waals surface area contributed by atoms with Gasteiger partial charge in [-0.1, -0.05) is 0 Å². The molecule has 3 aromatic rings. The summed E-state index contributed by atoms with van der Waals surface area (Å²) in [6.07, 6.45) is -7.65. The van der Waals surface area contributed by atoms with Gasteiger partial charge in [-0.15, -0.1) is 0 Å². The third-order valence-electron chi connectivity index (χ3n) is 6.22. The molecule has 8 nitrogen and oxygen atoms in total. The number of pyridine rings is 1. The maximum absolute atomic E-state index is 13.6. The molecule has 1 saturated heterocycles. The lowest BCUT2D eigenvalue weighted by Gasteiger charge is -2.27. The zero-order valence-corrected chi connectivity index (χ0v) is 21.3. The van der Waals surface area contributed by atoms with E-state index >= 15 is 0 Å². The van der Waals surface area contributed by atoms with E-state index in [-0.39, 0.29) is 22.6 Å². The molecule has 1 N–H and O–H groups in total. The second kappa shape index (κ2) is 10.7. The van der Waals surface area contributed by atoms with Crippen LogP contribution in [-0.4, -0.2) is 45.7 Å². The van der Waals surface area contributed by atoms with Gasteiger partial charge in [0.25, 0.3) is 0 Å². The molecule has 1 aliphatic heterocycles. The Kier molecular flexibility index (Phi) is 7.86. The van der Waals surface area contributed by atoms with Gasteiger partial charge in [0.15, 0.2) is 0 Å². The van der Waals surface area contributed by atoms with Crippen molar-refractivity contribution in [2.75, 3.05) is 0 Å². The Labute approximate surface area is 223 Å². The fraction of sp³-hybridized carbons (Fsp3) is 0.333. The fourth-order valence-electron chi connectivity index (χ4n) is 4.31. The molecule has 3 heterocycles. The van der Waals surface area contributed by atoms with Crippen LogP contribution >= 0.6 is 0 Å². The lowest BCUT2D eigenvalue weighted by molar-refractivity contribution is -0.145. The van der Waals surface area contributed by atoms with Crippen LogP contribution < -0.4 is 5.32 Å². The minimum atomic E-state index is -4.91. The van der Waals surface area contributed by atoms with Crippen LogP contribution in [0, 0.1) is 5.82 Å². The number of amides is 1. The van der Waals surface area contributed by atoms with Gasteiger partial charge in [-0.05, 0) is 50.1 Å². The molecule has 16 heteroatoms. The van der Waals surface area contributed by atoms with E-state index in [0.29, 0.717) is 25.0 Å². The Bertz CT molecular complexity index is 1500. The summed E-state index contributed by atoms with van der Waals surface area (Å²) in [5.41, 5.74) is -2.27. The number of alkyl halides is 6. The molecule has 214 valence electrons. The van der Waals surface area contributed by atoms with Gasteiger partial charge in [0, 0.05) is 35.8 Å². The van der Waals surface area contributed by atoms with Crippen LogP contribution in [0.1, 0.15) is 36.8 Å². The molecule has 40 heavy (non-hydrogen) atoms. The number of sulfonamides is 1. The van der Waals surface area contributed by atoms with Crippen molar-refractivity contribution < 1.29 is 43.9 Å². The summed E-state index contributed by atoms with van der Waals surface area (Å²) in [5, 5.41) is 2.46. The Morgan fingerprint density at radius 3 is 2.17 bits per heavy atom. The molecule has 0 saturated carbocycles. The number of hydrogen-bond donors (Lipinski definition) is 1. The fourth-order valence-corrected chi connectivity index (χ4v) is 6.15. The van der Waals surface area contributed by atoms with Crippen LogP contribution in [0.2, 0.25) is 0 Å². The summed E-state index contributed by atoms with van der Waals surface area (Å²) in [5.74, 6) is -2.91. The Hall–Kier alpha value is -3.66. The highest BCUT2D eigenvalue weighted by molar-refractivity contribution is 7.89. The zero-order valence-electron chi connectivity index (χ0n) is 20.5. The lowest BCUT2D eigenvalue weighted by atomic mass is 10.0. The summed E-state index contributed by atoms with van der Waals surface area (Å²) in [4.78, 5) is 22.7. The molecule has 1 aliphatic rings. The van der Waals surface area contributed by atoms with E-state index in [9.17, 15) is 43.9 Å². The molecule has 0 aliphatic carbocycles. The molecule has 0 radical (unpaired) electrons. The highest BCUT2D eigenvalue weighted by Crippen LogP contribution is 2.37. The second-order valence-electron chi connectivity index (χ2n) is 8.96. The molecule has 1 aromatic carbocycles. The summed E-state index contributed by atoms with van der Waals surface area (Å²) in [7, 11) is -4.19. The molecule has 4 rings (SSSR count). The first-order valence-corrected chi connectivity index (χ1v) is 13.1. The van der Waals surface area contributed by atoms with Crippen molar-refractivity contribution in [1.29, 1.82) is 0 Å². The first-order valence-electron chi connectivity index (χ1n) is 11.6. The topological polar surface area (TPSA) is 105 Å². The Morgan fingerprint density at radius 1 is 0.975 bits per heavy atom. The number of carbonyl (C=O) groups is 1. The number of carbonyl (C=O) groups excluding carboxylic acids is 1. The molecular weight excluding hydrogens is 571 g/mol. The lowest BCUT2D eigenvalue weighted by Crippen LogP contribution is -2.48. The number of nitrogens with one attached hydrogen (secondary N) is 1. The number of aromatic nitrogens is 3. The van der Waals surface area contributed by atoms with Crippen LogP contribution in [0.4, 0.5) is 30.7 Å². The highest BCUT2D eigenvalue weighted by Gasteiger charge is 2.44. The maximum Gasteiger partial charge on any atom is 0.451 e. The molecule has 2 aromatic heterocycles. The third-order valence-corrected chi connectivity index (χ3v) is 8.25. The summed E-state index contributed by atoms with van der Waals surface area (Å²) >= 11 is 0. The molecule has 0 unspecified atom stereocenters. The van der Waals surface area contributed by atoms with Gasteiger partial charge in [-0.3, -0.25) is 9.78 Å². The normalized spacial score (nSPS) is 18.6. The van der Waals surface area contributed by atoms with E-state index in [1.807, 2.05) is 0 Å². The predicted octanol–water partition coefficient (Wildman–Crippen LogP) is 4.57. The quantitative estimate of drug-likeness (QED) is 0.421. The Balaban J connectivity index is 1.57. The van der Waals surface area contributed by atoms with Crippen molar-refractivity contribution in [1.82, 2.24) is 24.6 Å². The Morgan fingerprint density at radius 2 is 1.60 bits per heavy atom. The van der Waals surface area contributed by atoms with E-state index in [2.05, 4.69) is 20.3 Å². The van der Waals surface area contributed by atoms with Gasteiger partial charge < -0.3 is 5.32 Å². The minimum Gasteiger partial charge on any atom is -0.349 e. The third kappa shape index (κ3) is 6.06. The number of rotatable bonds is 6. The van der Waals surface area contributed by atoms with Crippen LogP contribution in [0.15, 0.2) is 53.8 Å². The summed E-state index contributed by atoms with van der Waals surface area (Å²) in [6, 6.07) is 3.30. The van der Waals surface area contributed by atoms with Gasteiger partial charge in [-0.2, -0.15) is 30.6 Å². The second-order valence-corrected chi connectivity index (χ2v) is 10.8. The van der Waals surface area contributed by atoms with Crippen molar-refractivity contribution >= 4 is 15.9 Å². The van der Waals surface area contributed by atoms with Crippen LogP contribution in [0.3, 0.4) is 0 Å². The smallest absolute Gasteiger partial charge is 0.349 e. The summed E-state index contributed by atoms with van der Waals surface area (Å²) in [6.45, 7) is 1.19. The molecule has 0 bridgehead atoms. The van der Waals surface area contributed by atoms with Crippen molar-refractivity contribution in [3.05, 3.63) is 71.8 Å². The van der Waals surface area contributed by atoms with Gasteiger partial charge in [0.1, 0.15) is 11.9 Å². The maximum atomic E-state index is 13.6. The standard InChI is InChI=1S/C24H20F7N5O3S/c1-13-2-7-20(36(13)40(38,39)17-5-3-15(25)4-6-17)21(37)33-11-16-8-18(19(12-32-16)23(26,27)28)14-9-34-22(35-10-14)24(29,30)31/h3-6,8-10,12-13,20H,2,7,11H2,1H3,(H,33,37)/t13-,20-/m0/s1. The number of halogens is 7. The minimum absolute atomic E-state index is 0.0877. The van der Waals surface area contributed by atoms with Gasteiger partial charge in [-0.25, -0.2) is 22.8 Å². The van der Waals surface area contributed by atoms with Gasteiger partial charge in [0.05, 0.1) is 22.7 Å². The monoisotopic (exact) mass is 591 g/mol. The van der Waals surface area contributed by atoms with Crippen molar-refractivity contribution in [3.63, 3.8) is 0 Å². The first kappa shape index (κ1) is 29.3. The number of benzene rings is 1. The van der Waals surface area contributed by atoms with Crippen molar-refractivity contribution in [3.8, 4) is 11.1 Å². The SMILES string of the molecule is C[C@H]1CC[C@@H](C(=O)NCc2cc(-c3cnc(C(F)(F)F)nc3)c(C(F)(F)F)cn2)N1S(=O)(=O)c1ccc(F)cc1. The zero-order chi connectivity index (χ0) is 29.5. The average molecular weight is 592 g/mol. The highest BCUT2D eigenvalue weighted by atomic mass is 32.2. The van der Waals surface area contributed by atoms with Gasteiger partial charge in [0.2, 0.25) is 21.8 Å². The van der Waals surface area contributed by atoms with E-state index in [1.165, 1.54) is 0 Å². The summed E-state index contributed by atoms with van der Waals surface area (Å²) < 4.78 is 120. The number of hydrogen-bond acceptors (Lipinski definition) is 6. The van der Waals surface area contributed by atoms with Gasteiger partial charge >= 0.3 is 12.4 Å². The van der Waals surface area contributed by atoms with E-state index < -0.39 is 69.7 Å². The predicted molar refractivity (Wildman–Crippen MR) is 125 cm³/mol. The molecule has 0 spiro atoms. The molecule has 1 fully saturated rings. The van der Waals surface area contributed by atoms with Crippen molar-refractivity contribution in [2.24, 2.45) is 0 Å². The van der Waals surface area contributed by atoms with E-state index in [1.54, 1.807) is 6.92 Å². The largest absolute Gasteiger partial charge is 0.451 e. The van der Waals surface area contributed by atoms with E-state index in [4.69, 9.17) is 0 Å². The van der Waals surface area contributed by atoms with Crippen molar-refractivity contribution in [2.45, 2.75) is 55.6 Å². The average Bonchev–Trinajstić information content (AvgIpc) is 3.28. The molecular formula is C24H20F7N5O3S. The van der Waals surface area contributed by atoms with Crippen LogP contribution in [0.25, 0.3) is 11.1 Å². The van der Waals surface area contributed by atoms with Crippen LogP contribution in [-0.2, 0) is 33.7 Å².